The lowest BCUT2D eigenvalue weighted by Gasteiger charge is -2.19. The van der Waals surface area contributed by atoms with Gasteiger partial charge in [0.25, 0.3) is 0 Å². The van der Waals surface area contributed by atoms with Gasteiger partial charge in [-0.05, 0) is 38.1 Å². The first-order chi connectivity index (χ1) is 7.93. The molecule has 3 heterocycles. The maximum Gasteiger partial charge on any atom is 0.216 e. The van der Waals surface area contributed by atoms with Crippen LogP contribution in [0.3, 0.4) is 0 Å². The van der Waals surface area contributed by atoms with Crippen molar-refractivity contribution in [3.8, 4) is 11.6 Å². The fraction of sp³-hybridized carbons (Fsp3) is 0.455. The third kappa shape index (κ3) is 3.04. The van der Waals surface area contributed by atoms with Gasteiger partial charge in [0.15, 0.2) is 5.76 Å². The highest BCUT2D eigenvalue weighted by molar-refractivity contribution is 5.85. The van der Waals surface area contributed by atoms with Crippen LogP contribution in [-0.4, -0.2) is 28.3 Å². The van der Waals surface area contributed by atoms with Gasteiger partial charge in [-0.3, -0.25) is 5.10 Å². The third-order valence-corrected chi connectivity index (χ3v) is 2.97. The van der Waals surface area contributed by atoms with Crippen molar-refractivity contribution >= 4 is 24.8 Å². The Hall–Kier alpha value is -1.04. The molecule has 0 spiro atoms. The molecule has 0 bridgehead atoms. The maximum absolute atomic E-state index is 5.26. The van der Waals surface area contributed by atoms with Gasteiger partial charge >= 0.3 is 0 Å². The van der Waals surface area contributed by atoms with Gasteiger partial charge in [0.1, 0.15) is 5.82 Å². The average molecular weight is 291 g/mol. The number of aromatic nitrogens is 3. The average Bonchev–Trinajstić information content (AvgIpc) is 3.01. The molecule has 0 saturated carbocycles. The van der Waals surface area contributed by atoms with Crippen LogP contribution in [0.2, 0.25) is 0 Å². The summed E-state index contributed by atoms with van der Waals surface area (Å²) in [6, 6.07) is 3.71. The van der Waals surface area contributed by atoms with E-state index in [1.165, 1.54) is 0 Å². The first-order valence-electron chi connectivity index (χ1n) is 5.60. The second-order valence-corrected chi connectivity index (χ2v) is 4.05. The van der Waals surface area contributed by atoms with E-state index in [9.17, 15) is 0 Å². The highest BCUT2D eigenvalue weighted by Gasteiger charge is 2.19. The molecule has 1 fully saturated rings. The zero-order valence-corrected chi connectivity index (χ0v) is 11.4. The molecule has 100 valence electrons. The Kier molecular flexibility index (Phi) is 5.65. The predicted octanol–water partition coefficient (Wildman–Crippen LogP) is 2.38. The zero-order valence-electron chi connectivity index (χ0n) is 9.76. The lowest BCUT2D eigenvalue weighted by atomic mass is 9.98. The van der Waals surface area contributed by atoms with Gasteiger partial charge in [0.05, 0.1) is 6.26 Å². The number of H-pyrrole nitrogens is 1. The van der Waals surface area contributed by atoms with E-state index in [0.29, 0.717) is 11.7 Å². The first-order valence-corrected chi connectivity index (χ1v) is 5.60. The molecule has 2 aromatic rings. The number of aromatic amines is 1. The number of piperidine rings is 1. The SMILES string of the molecule is Cl.Cl.c1coc(-c2n[nH]c(C3CCNCC3)n2)c1. The number of rotatable bonds is 2. The Balaban J connectivity index is 0.000000810. The molecule has 2 aromatic heterocycles. The third-order valence-electron chi connectivity index (χ3n) is 2.97. The van der Waals surface area contributed by atoms with Crippen LogP contribution >= 0.6 is 24.8 Å². The highest BCUT2D eigenvalue weighted by Crippen LogP contribution is 2.24. The Morgan fingerprint density at radius 2 is 2.00 bits per heavy atom. The topological polar surface area (TPSA) is 66.7 Å². The van der Waals surface area contributed by atoms with Crippen LogP contribution in [-0.2, 0) is 0 Å². The lowest BCUT2D eigenvalue weighted by molar-refractivity contribution is 0.446. The van der Waals surface area contributed by atoms with E-state index < -0.39 is 0 Å². The van der Waals surface area contributed by atoms with Gasteiger partial charge in [0.2, 0.25) is 5.82 Å². The molecule has 1 saturated heterocycles. The molecule has 1 aliphatic rings. The minimum absolute atomic E-state index is 0. The van der Waals surface area contributed by atoms with Crippen LogP contribution < -0.4 is 5.32 Å². The Morgan fingerprint density at radius 1 is 1.22 bits per heavy atom. The van der Waals surface area contributed by atoms with E-state index in [-0.39, 0.29) is 24.8 Å². The Bertz CT molecular complexity index is 451. The molecule has 0 aromatic carbocycles. The zero-order chi connectivity index (χ0) is 10.8. The minimum atomic E-state index is 0. The summed E-state index contributed by atoms with van der Waals surface area (Å²) in [5.41, 5.74) is 0. The number of furan rings is 1. The lowest BCUT2D eigenvalue weighted by Crippen LogP contribution is -2.27. The summed E-state index contributed by atoms with van der Waals surface area (Å²) in [5.74, 6) is 2.85. The van der Waals surface area contributed by atoms with Crippen LogP contribution in [0.4, 0.5) is 0 Å². The number of halogens is 2. The maximum atomic E-state index is 5.26. The first kappa shape index (κ1) is 15.0. The van der Waals surface area contributed by atoms with E-state index >= 15 is 0 Å². The molecule has 1 aliphatic heterocycles. The molecule has 2 N–H and O–H groups in total. The van der Waals surface area contributed by atoms with Crippen molar-refractivity contribution in [2.24, 2.45) is 0 Å². The van der Waals surface area contributed by atoms with Gasteiger partial charge in [-0.1, -0.05) is 0 Å². The van der Waals surface area contributed by atoms with Crippen molar-refractivity contribution in [2.45, 2.75) is 18.8 Å². The number of hydrogen-bond donors (Lipinski definition) is 2. The van der Waals surface area contributed by atoms with E-state index in [0.717, 1.165) is 37.5 Å². The smallest absolute Gasteiger partial charge is 0.216 e. The minimum Gasteiger partial charge on any atom is -0.461 e. The van der Waals surface area contributed by atoms with Gasteiger partial charge in [0, 0.05) is 5.92 Å². The van der Waals surface area contributed by atoms with Crippen molar-refractivity contribution in [3.05, 3.63) is 24.2 Å². The molecule has 0 radical (unpaired) electrons. The molecule has 0 aliphatic carbocycles. The van der Waals surface area contributed by atoms with Gasteiger partial charge in [-0.15, -0.1) is 24.8 Å². The Labute approximate surface area is 118 Å². The summed E-state index contributed by atoms with van der Waals surface area (Å²) in [4.78, 5) is 4.49. The standard InChI is InChI=1S/C11H14N4O.2ClH/c1-2-9(16-7-1)11-13-10(14-15-11)8-3-5-12-6-4-8;;/h1-2,7-8,12H,3-6H2,(H,13,14,15);2*1H. The van der Waals surface area contributed by atoms with E-state index in [1.807, 2.05) is 12.1 Å². The van der Waals surface area contributed by atoms with Crippen molar-refractivity contribution in [2.75, 3.05) is 13.1 Å². The monoisotopic (exact) mass is 290 g/mol. The molecule has 0 atom stereocenters. The summed E-state index contributed by atoms with van der Waals surface area (Å²) < 4.78 is 5.26. The van der Waals surface area contributed by atoms with Gasteiger partial charge < -0.3 is 9.73 Å². The molecular formula is C11H16Cl2N4O. The number of hydrogen-bond acceptors (Lipinski definition) is 4. The fourth-order valence-electron chi connectivity index (χ4n) is 2.07. The summed E-state index contributed by atoms with van der Waals surface area (Å²) in [6.45, 7) is 2.11. The van der Waals surface area contributed by atoms with E-state index in [1.54, 1.807) is 6.26 Å². The Morgan fingerprint density at radius 3 is 2.67 bits per heavy atom. The van der Waals surface area contributed by atoms with Crippen molar-refractivity contribution in [1.29, 1.82) is 0 Å². The van der Waals surface area contributed by atoms with E-state index in [4.69, 9.17) is 4.42 Å². The molecule has 0 amide bonds. The second-order valence-electron chi connectivity index (χ2n) is 4.05. The number of nitrogens with one attached hydrogen (secondary N) is 2. The fourth-order valence-corrected chi connectivity index (χ4v) is 2.07. The molecule has 5 nitrogen and oxygen atoms in total. The molecule has 3 rings (SSSR count). The van der Waals surface area contributed by atoms with Crippen molar-refractivity contribution in [1.82, 2.24) is 20.5 Å². The van der Waals surface area contributed by atoms with Gasteiger partial charge in [-0.25, -0.2) is 4.98 Å². The molecule has 0 unspecified atom stereocenters. The molecular weight excluding hydrogens is 275 g/mol. The quantitative estimate of drug-likeness (QED) is 0.891. The molecule has 18 heavy (non-hydrogen) atoms. The summed E-state index contributed by atoms with van der Waals surface area (Å²) in [6.07, 6.45) is 3.87. The van der Waals surface area contributed by atoms with Crippen molar-refractivity contribution < 1.29 is 4.42 Å². The normalized spacial score (nSPS) is 15.8. The predicted molar refractivity (Wildman–Crippen MR) is 73.4 cm³/mol. The summed E-state index contributed by atoms with van der Waals surface area (Å²) in [7, 11) is 0. The van der Waals surface area contributed by atoms with Gasteiger partial charge in [-0.2, -0.15) is 5.10 Å². The summed E-state index contributed by atoms with van der Waals surface area (Å²) >= 11 is 0. The summed E-state index contributed by atoms with van der Waals surface area (Å²) in [5, 5.41) is 10.5. The van der Waals surface area contributed by atoms with Crippen LogP contribution in [0.25, 0.3) is 11.6 Å². The van der Waals surface area contributed by atoms with Crippen LogP contribution in [0.5, 0.6) is 0 Å². The van der Waals surface area contributed by atoms with Crippen LogP contribution in [0, 0.1) is 0 Å². The van der Waals surface area contributed by atoms with Crippen molar-refractivity contribution in [3.63, 3.8) is 0 Å². The largest absolute Gasteiger partial charge is 0.461 e. The number of nitrogens with zero attached hydrogens (tertiary/aromatic N) is 2. The van der Waals surface area contributed by atoms with E-state index in [2.05, 4.69) is 20.5 Å². The highest BCUT2D eigenvalue weighted by atomic mass is 35.5. The van der Waals surface area contributed by atoms with Crippen LogP contribution in [0.15, 0.2) is 22.8 Å². The second kappa shape index (κ2) is 6.78. The van der Waals surface area contributed by atoms with Crippen LogP contribution in [0.1, 0.15) is 24.6 Å². The molecule has 7 heteroatoms.